The molecule has 0 saturated carbocycles. The molecule has 0 aromatic heterocycles. The second-order valence-electron chi connectivity index (χ2n) is 6.21. The minimum absolute atomic E-state index is 0.199. The predicted molar refractivity (Wildman–Crippen MR) is 93.2 cm³/mol. The molecule has 0 bridgehead atoms. The fourth-order valence-electron chi connectivity index (χ4n) is 3.28. The van der Waals surface area contributed by atoms with Crippen LogP contribution >= 0.6 is 0 Å². The number of hydrogen-bond acceptors (Lipinski definition) is 5. The van der Waals surface area contributed by atoms with E-state index in [-0.39, 0.29) is 12.5 Å². The zero-order chi connectivity index (χ0) is 17.9. The number of morpholine rings is 1. The van der Waals surface area contributed by atoms with Crippen molar-refractivity contribution in [2.24, 2.45) is 0 Å². The molecule has 1 fully saturated rings. The Morgan fingerprint density at radius 1 is 0.962 bits per heavy atom. The van der Waals surface area contributed by atoms with Gasteiger partial charge in [-0.3, -0.25) is 9.59 Å². The topological polar surface area (TPSA) is 65.1 Å². The van der Waals surface area contributed by atoms with Crippen molar-refractivity contribution in [2.75, 3.05) is 32.9 Å². The van der Waals surface area contributed by atoms with Gasteiger partial charge in [0.1, 0.15) is 17.4 Å². The molecule has 2 aromatic carbocycles. The van der Waals surface area contributed by atoms with Crippen LogP contribution in [0.15, 0.2) is 48.5 Å². The van der Waals surface area contributed by atoms with E-state index in [1.54, 1.807) is 4.90 Å². The maximum absolute atomic E-state index is 12.8. The van der Waals surface area contributed by atoms with Crippen LogP contribution in [0.25, 0.3) is 0 Å². The average molecular weight is 353 g/mol. The average Bonchev–Trinajstić information content (AvgIpc) is 2.70. The van der Waals surface area contributed by atoms with E-state index in [2.05, 4.69) is 0 Å². The number of fused-ring (bicyclic) bond motifs is 2. The number of ether oxygens (including phenoxy) is 3. The van der Waals surface area contributed by atoms with Gasteiger partial charge in [0.05, 0.1) is 13.2 Å². The van der Waals surface area contributed by atoms with Gasteiger partial charge >= 0.3 is 5.97 Å². The predicted octanol–water partition coefficient (Wildman–Crippen LogP) is 2.33. The maximum Gasteiger partial charge on any atom is 0.318 e. The summed E-state index contributed by atoms with van der Waals surface area (Å²) in [4.78, 5) is 26.7. The number of carbonyl (C=O) groups is 2. The monoisotopic (exact) mass is 353 g/mol. The van der Waals surface area contributed by atoms with Gasteiger partial charge in [-0.1, -0.05) is 36.4 Å². The van der Waals surface area contributed by atoms with Crippen LogP contribution in [-0.2, 0) is 19.1 Å². The molecule has 0 atom stereocenters. The van der Waals surface area contributed by atoms with Gasteiger partial charge < -0.3 is 19.1 Å². The van der Waals surface area contributed by atoms with Crippen LogP contribution in [0.1, 0.15) is 17.0 Å². The Hall–Kier alpha value is -2.86. The number of amides is 1. The maximum atomic E-state index is 12.8. The normalized spacial score (nSPS) is 16.2. The molecular formula is C20H19NO5. The van der Waals surface area contributed by atoms with E-state index in [1.165, 1.54) is 0 Å². The van der Waals surface area contributed by atoms with Gasteiger partial charge in [-0.25, -0.2) is 0 Å². The van der Waals surface area contributed by atoms with Crippen LogP contribution in [-0.4, -0.2) is 49.7 Å². The summed E-state index contributed by atoms with van der Waals surface area (Å²) in [6.45, 7) is 1.82. The van der Waals surface area contributed by atoms with Crippen molar-refractivity contribution in [3.63, 3.8) is 0 Å². The highest BCUT2D eigenvalue weighted by molar-refractivity contribution is 5.87. The fraction of sp³-hybridized carbons (Fsp3) is 0.300. The van der Waals surface area contributed by atoms with E-state index in [0.29, 0.717) is 37.8 Å². The summed E-state index contributed by atoms with van der Waals surface area (Å²) in [5.41, 5.74) is 1.49. The quantitative estimate of drug-likeness (QED) is 0.793. The molecular weight excluding hydrogens is 334 g/mol. The van der Waals surface area contributed by atoms with E-state index in [4.69, 9.17) is 14.2 Å². The minimum Gasteiger partial charge on any atom is -0.457 e. The lowest BCUT2D eigenvalue weighted by molar-refractivity contribution is -0.154. The third-order valence-corrected chi connectivity index (χ3v) is 4.62. The van der Waals surface area contributed by atoms with Crippen molar-refractivity contribution in [1.82, 2.24) is 4.90 Å². The highest BCUT2D eigenvalue weighted by Crippen LogP contribution is 2.44. The number of para-hydroxylation sites is 2. The Morgan fingerprint density at radius 2 is 1.54 bits per heavy atom. The van der Waals surface area contributed by atoms with Crippen molar-refractivity contribution in [2.45, 2.75) is 5.92 Å². The van der Waals surface area contributed by atoms with E-state index >= 15 is 0 Å². The first kappa shape index (κ1) is 16.6. The second-order valence-corrected chi connectivity index (χ2v) is 6.21. The Bertz CT molecular complexity index is 783. The van der Waals surface area contributed by atoms with E-state index in [0.717, 1.165) is 11.1 Å². The van der Waals surface area contributed by atoms with Gasteiger partial charge in [0.25, 0.3) is 5.91 Å². The van der Waals surface area contributed by atoms with Crippen molar-refractivity contribution in [1.29, 1.82) is 0 Å². The third-order valence-electron chi connectivity index (χ3n) is 4.62. The van der Waals surface area contributed by atoms with Crippen LogP contribution in [0.3, 0.4) is 0 Å². The Morgan fingerprint density at radius 3 is 2.15 bits per heavy atom. The van der Waals surface area contributed by atoms with E-state index in [1.807, 2.05) is 48.5 Å². The van der Waals surface area contributed by atoms with Crippen LogP contribution in [0.4, 0.5) is 0 Å². The summed E-state index contributed by atoms with van der Waals surface area (Å²) >= 11 is 0. The molecule has 0 N–H and O–H groups in total. The molecule has 2 aliphatic rings. The summed E-state index contributed by atoms with van der Waals surface area (Å²) in [6.07, 6.45) is 0. The Balaban J connectivity index is 1.53. The lowest BCUT2D eigenvalue weighted by Crippen LogP contribution is -2.43. The first-order chi connectivity index (χ1) is 12.7. The summed E-state index contributed by atoms with van der Waals surface area (Å²) < 4.78 is 16.5. The lowest BCUT2D eigenvalue weighted by atomic mass is 9.88. The summed E-state index contributed by atoms with van der Waals surface area (Å²) in [7, 11) is 0. The van der Waals surface area contributed by atoms with E-state index < -0.39 is 11.9 Å². The molecule has 6 nitrogen and oxygen atoms in total. The third kappa shape index (κ3) is 3.15. The standard InChI is InChI=1S/C20H19NO5/c22-18(21-9-11-24-12-10-21)13-25-20(23)19-14-5-1-3-7-16(14)26-17-8-4-2-6-15(17)19/h1-8,19H,9-13H2. The van der Waals surface area contributed by atoms with Crippen molar-refractivity contribution < 1.29 is 23.8 Å². The van der Waals surface area contributed by atoms with Crippen molar-refractivity contribution in [3.05, 3.63) is 59.7 Å². The minimum atomic E-state index is -0.603. The second kappa shape index (κ2) is 7.17. The Kier molecular flexibility index (Phi) is 4.58. The van der Waals surface area contributed by atoms with Crippen LogP contribution in [0.5, 0.6) is 11.5 Å². The van der Waals surface area contributed by atoms with Crippen LogP contribution in [0, 0.1) is 0 Å². The SMILES string of the molecule is O=C(OCC(=O)N1CCOCC1)C1c2ccccc2Oc2ccccc21. The van der Waals surface area contributed by atoms with Crippen molar-refractivity contribution >= 4 is 11.9 Å². The highest BCUT2D eigenvalue weighted by atomic mass is 16.5. The number of nitrogens with zero attached hydrogens (tertiary/aromatic N) is 1. The Labute approximate surface area is 151 Å². The molecule has 0 unspecified atom stereocenters. The summed E-state index contributed by atoms with van der Waals surface area (Å²) in [6, 6.07) is 14.8. The number of hydrogen-bond donors (Lipinski definition) is 0. The summed E-state index contributed by atoms with van der Waals surface area (Å²) in [5.74, 6) is 0.0130. The fourth-order valence-corrected chi connectivity index (χ4v) is 3.28. The number of rotatable bonds is 3. The van der Waals surface area contributed by atoms with Gasteiger partial charge in [0, 0.05) is 24.2 Å². The molecule has 2 aliphatic heterocycles. The van der Waals surface area contributed by atoms with Gasteiger partial charge in [0.2, 0.25) is 0 Å². The largest absolute Gasteiger partial charge is 0.457 e. The molecule has 1 saturated heterocycles. The zero-order valence-corrected chi connectivity index (χ0v) is 14.2. The zero-order valence-electron chi connectivity index (χ0n) is 14.2. The molecule has 2 heterocycles. The van der Waals surface area contributed by atoms with Gasteiger partial charge in [-0.05, 0) is 12.1 Å². The first-order valence-corrected chi connectivity index (χ1v) is 8.62. The number of benzene rings is 2. The number of carbonyl (C=O) groups excluding carboxylic acids is 2. The molecule has 4 rings (SSSR count). The van der Waals surface area contributed by atoms with E-state index in [9.17, 15) is 9.59 Å². The smallest absolute Gasteiger partial charge is 0.318 e. The molecule has 0 spiro atoms. The molecule has 0 aliphatic carbocycles. The van der Waals surface area contributed by atoms with Gasteiger partial charge in [0.15, 0.2) is 6.61 Å². The van der Waals surface area contributed by atoms with Crippen LogP contribution < -0.4 is 4.74 Å². The van der Waals surface area contributed by atoms with Crippen LogP contribution in [0.2, 0.25) is 0 Å². The molecule has 26 heavy (non-hydrogen) atoms. The molecule has 134 valence electrons. The van der Waals surface area contributed by atoms with Gasteiger partial charge in [-0.15, -0.1) is 0 Å². The summed E-state index contributed by atoms with van der Waals surface area (Å²) in [5, 5.41) is 0. The molecule has 1 amide bonds. The molecule has 2 aromatic rings. The highest BCUT2D eigenvalue weighted by Gasteiger charge is 2.34. The molecule has 6 heteroatoms. The lowest BCUT2D eigenvalue weighted by Gasteiger charge is -2.28. The van der Waals surface area contributed by atoms with Gasteiger partial charge in [-0.2, -0.15) is 0 Å². The molecule has 0 radical (unpaired) electrons. The van der Waals surface area contributed by atoms with Crippen molar-refractivity contribution in [3.8, 4) is 11.5 Å². The first-order valence-electron chi connectivity index (χ1n) is 8.62. The number of esters is 1.